The highest BCUT2D eigenvalue weighted by atomic mass is 32.1. The van der Waals surface area contributed by atoms with E-state index in [0.29, 0.717) is 24.1 Å². The third kappa shape index (κ3) is 3.44. The van der Waals surface area contributed by atoms with Crippen molar-refractivity contribution < 1.29 is 9.59 Å². The van der Waals surface area contributed by atoms with E-state index in [4.69, 9.17) is 0 Å². The van der Waals surface area contributed by atoms with E-state index in [-0.39, 0.29) is 17.7 Å². The summed E-state index contributed by atoms with van der Waals surface area (Å²) in [6.45, 7) is 2.68. The molecule has 1 aliphatic heterocycles. The van der Waals surface area contributed by atoms with Crippen LogP contribution in [0.15, 0.2) is 29.6 Å². The summed E-state index contributed by atoms with van der Waals surface area (Å²) in [7, 11) is 0. The number of anilines is 1. The summed E-state index contributed by atoms with van der Waals surface area (Å²) in [6, 6.07) is 8.70. The van der Waals surface area contributed by atoms with Crippen molar-refractivity contribution in [1.29, 1.82) is 0 Å². The highest BCUT2D eigenvalue weighted by Crippen LogP contribution is 2.33. The van der Waals surface area contributed by atoms with Crippen LogP contribution in [-0.4, -0.2) is 34.3 Å². The van der Waals surface area contributed by atoms with Crippen LogP contribution in [0.1, 0.15) is 31.7 Å². The van der Waals surface area contributed by atoms with Crippen LogP contribution in [0.4, 0.5) is 5.13 Å². The van der Waals surface area contributed by atoms with E-state index in [2.05, 4.69) is 41.5 Å². The van der Waals surface area contributed by atoms with Crippen molar-refractivity contribution in [3.63, 3.8) is 0 Å². The molecule has 1 aromatic carbocycles. The summed E-state index contributed by atoms with van der Waals surface area (Å²) in [5, 5.41) is 5.43. The van der Waals surface area contributed by atoms with Crippen LogP contribution < -0.4 is 5.32 Å². The maximum Gasteiger partial charge on any atom is 0.231 e. The number of hydrogen-bond donors (Lipinski definition) is 1. The summed E-state index contributed by atoms with van der Waals surface area (Å²) >= 11 is 1.42. The van der Waals surface area contributed by atoms with E-state index in [0.717, 1.165) is 30.5 Å². The minimum absolute atomic E-state index is 0.0984. The zero-order valence-electron chi connectivity index (χ0n) is 14.2. The minimum atomic E-state index is -0.260. The lowest BCUT2D eigenvalue weighted by Crippen LogP contribution is -2.29. The standard InChI is InChI=1S/C19H21N3O2S/c1-2-12-3-5-13(6-4-12)16-11-25-19(20-16)21-18(24)14-9-17(23)22(10-14)15-7-8-15/h3-6,11,14-15H,2,7-10H2,1H3,(H,20,21,24). The predicted molar refractivity (Wildman–Crippen MR) is 98.4 cm³/mol. The minimum Gasteiger partial charge on any atom is -0.339 e. The molecule has 2 heterocycles. The molecule has 2 aromatic rings. The Kier molecular flexibility index (Phi) is 4.29. The first-order valence-electron chi connectivity index (χ1n) is 8.79. The van der Waals surface area contributed by atoms with Gasteiger partial charge in [-0.15, -0.1) is 11.3 Å². The second-order valence-corrected chi connectivity index (χ2v) is 7.61. The maximum atomic E-state index is 12.5. The zero-order chi connectivity index (χ0) is 17.4. The number of benzene rings is 1. The van der Waals surface area contributed by atoms with Gasteiger partial charge in [0, 0.05) is 30.0 Å². The number of hydrogen-bond acceptors (Lipinski definition) is 4. The van der Waals surface area contributed by atoms with Crippen LogP contribution in [0.2, 0.25) is 0 Å². The molecule has 6 heteroatoms. The molecule has 0 bridgehead atoms. The molecule has 130 valence electrons. The van der Waals surface area contributed by atoms with Crippen molar-refractivity contribution in [2.24, 2.45) is 5.92 Å². The number of carbonyl (C=O) groups is 2. The number of aromatic nitrogens is 1. The Morgan fingerprint density at radius 3 is 2.76 bits per heavy atom. The zero-order valence-corrected chi connectivity index (χ0v) is 15.0. The lowest BCUT2D eigenvalue weighted by atomic mass is 10.1. The fourth-order valence-corrected chi connectivity index (χ4v) is 3.95. The van der Waals surface area contributed by atoms with Gasteiger partial charge in [-0.1, -0.05) is 31.2 Å². The average Bonchev–Trinajstić information content (AvgIpc) is 3.24. The van der Waals surface area contributed by atoms with E-state index in [1.54, 1.807) is 0 Å². The molecule has 1 atom stereocenters. The summed E-state index contributed by atoms with van der Waals surface area (Å²) < 4.78 is 0. The molecule has 1 saturated heterocycles. The molecule has 25 heavy (non-hydrogen) atoms. The van der Waals surface area contributed by atoms with Crippen molar-refractivity contribution in [3.05, 3.63) is 35.2 Å². The molecule has 2 fully saturated rings. The van der Waals surface area contributed by atoms with Crippen molar-refractivity contribution in [1.82, 2.24) is 9.88 Å². The van der Waals surface area contributed by atoms with Crippen LogP contribution in [0.3, 0.4) is 0 Å². The molecule has 1 aromatic heterocycles. The normalized spacial score (nSPS) is 20.1. The van der Waals surface area contributed by atoms with Gasteiger partial charge in [-0.2, -0.15) is 0 Å². The van der Waals surface area contributed by atoms with Gasteiger partial charge < -0.3 is 10.2 Å². The summed E-state index contributed by atoms with van der Waals surface area (Å²) in [5.41, 5.74) is 3.20. The van der Waals surface area contributed by atoms with E-state index < -0.39 is 0 Å². The Morgan fingerprint density at radius 1 is 1.32 bits per heavy atom. The molecular formula is C19H21N3O2S. The Hall–Kier alpha value is -2.21. The van der Waals surface area contributed by atoms with Crippen molar-refractivity contribution in [2.75, 3.05) is 11.9 Å². The van der Waals surface area contributed by atoms with Gasteiger partial charge in [0.2, 0.25) is 11.8 Å². The van der Waals surface area contributed by atoms with Gasteiger partial charge in [-0.25, -0.2) is 4.98 Å². The van der Waals surface area contributed by atoms with Crippen LogP contribution >= 0.6 is 11.3 Å². The van der Waals surface area contributed by atoms with Crippen LogP contribution in [0.25, 0.3) is 11.3 Å². The number of nitrogens with one attached hydrogen (secondary N) is 1. The Labute approximate surface area is 151 Å². The molecule has 4 rings (SSSR count). The topological polar surface area (TPSA) is 62.3 Å². The van der Waals surface area contributed by atoms with Crippen molar-refractivity contribution in [3.8, 4) is 11.3 Å². The Balaban J connectivity index is 1.40. The first-order chi connectivity index (χ1) is 12.1. The lowest BCUT2D eigenvalue weighted by Gasteiger charge is -2.14. The van der Waals surface area contributed by atoms with Gasteiger partial charge in [-0.3, -0.25) is 9.59 Å². The van der Waals surface area contributed by atoms with E-state index >= 15 is 0 Å². The fraction of sp³-hybridized carbons (Fsp3) is 0.421. The molecule has 1 saturated carbocycles. The summed E-state index contributed by atoms with van der Waals surface area (Å²) in [5.74, 6) is -0.249. The lowest BCUT2D eigenvalue weighted by molar-refractivity contribution is -0.128. The largest absolute Gasteiger partial charge is 0.339 e. The first-order valence-corrected chi connectivity index (χ1v) is 9.67. The van der Waals surface area contributed by atoms with E-state index in [1.807, 2.05) is 10.3 Å². The number of rotatable bonds is 5. The number of likely N-dealkylation sites (tertiary alicyclic amines) is 1. The molecule has 1 N–H and O–H groups in total. The molecule has 2 aliphatic rings. The quantitative estimate of drug-likeness (QED) is 0.895. The van der Waals surface area contributed by atoms with Gasteiger partial charge in [0.05, 0.1) is 11.6 Å². The van der Waals surface area contributed by atoms with E-state index in [1.165, 1.54) is 16.9 Å². The number of nitrogens with zero attached hydrogens (tertiary/aromatic N) is 2. The molecule has 2 amide bonds. The Bertz CT molecular complexity index is 795. The summed E-state index contributed by atoms with van der Waals surface area (Å²) in [4.78, 5) is 30.8. The second-order valence-electron chi connectivity index (χ2n) is 6.76. The second kappa shape index (κ2) is 6.59. The third-order valence-electron chi connectivity index (χ3n) is 4.91. The smallest absolute Gasteiger partial charge is 0.231 e. The molecule has 5 nitrogen and oxygen atoms in total. The monoisotopic (exact) mass is 355 g/mol. The van der Waals surface area contributed by atoms with Crippen molar-refractivity contribution >= 4 is 28.3 Å². The first kappa shape index (κ1) is 16.3. The molecular weight excluding hydrogens is 334 g/mol. The maximum absolute atomic E-state index is 12.5. The highest BCUT2D eigenvalue weighted by Gasteiger charge is 2.41. The molecule has 0 spiro atoms. The number of carbonyl (C=O) groups excluding carboxylic acids is 2. The average molecular weight is 355 g/mol. The van der Waals surface area contributed by atoms with Gasteiger partial charge >= 0.3 is 0 Å². The SMILES string of the molecule is CCc1ccc(-c2csc(NC(=O)C3CC(=O)N(C4CC4)C3)n2)cc1. The summed E-state index contributed by atoms with van der Waals surface area (Å²) in [6.07, 6.45) is 3.48. The molecule has 0 radical (unpaired) electrons. The Morgan fingerprint density at radius 2 is 2.08 bits per heavy atom. The van der Waals surface area contributed by atoms with Crippen molar-refractivity contribution in [2.45, 2.75) is 38.6 Å². The molecule has 1 unspecified atom stereocenters. The van der Waals surface area contributed by atoms with Crippen LogP contribution in [0.5, 0.6) is 0 Å². The third-order valence-corrected chi connectivity index (χ3v) is 5.67. The fourth-order valence-electron chi connectivity index (χ4n) is 3.23. The van der Waals surface area contributed by atoms with Crippen LogP contribution in [0, 0.1) is 5.92 Å². The number of aryl methyl sites for hydroxylation is 1. The van der Waals surface area contributed by atoms with Gasteiger partial charge in [0.15, 0.2) is 5.13 Å². The van der Waals surface area contributed by atoms with Gasteiger partial charge in [0.25, 0.3) is 0 Å². The van der Waals surface area contributed by atoms with Crippen LogP contribution in [-0.2, 0) is 16.0 Å². The highest BCUT2D eigenvalue weighted by molar-refractivity contribution is 7.14. The number of thiazole rings is 1. The van der Waals surface area contributed by atoms with E-state index in [9.17, 15) is 9.59 Å². The molecule has 1 aliphatic carbocycles. The number of amides is 2. The predicted octanol–water partition coefficient (Wildman–Crippen LogP) is 3.32. The van der Waals surface area contributed by atoms with Gasteiger partial charge in [-0.05, 0) is 24.8 Å². The van der Waals surface area contributed by atoms with Gasteiger partial charge in [0.1, 0.15) is 0 Å².